The number of carbonyl (C=O) groups excluding carboxylic acids is 1. The summed E-state index contributed by atoms with van der Waals surface area (Å²) in [5, 5.41) is 10.4. The first-order valence-corrected chi connectivity index (χ1v) is 5.78. The van der Waals surface area contributed by atoms with Crippen LogP contribution in [-0.2, 0) is 16.0 Å². The standard InChI is InChI=1S/C13H14F3NO3/c1-7-3-4-9(8(2)5-7)6-10(11(18)19)17-12(20)13(14,15)16/h3-5,10H,6H2,1-2H3,(H,17,20)(H,18,19). The number of carboxylic acid groups (broad SMARTS) is 1. The number of halogens is 3. The quantitative estimate of drug-likeness (QED) is 0.890. The molecule has 1 atom stereocenters. The summed E-state index contributed by atoms with van der Waals surface area (Å²) in [6.45, 7) is 3.57. The minimum atomic E-state index is -5.10. The second-order valence-electron chi connectivity index (χ2n) is 4.50. The Bertz CT molecular complexity index is 526. The van der Waals surface area contributed by atoms with E-state index < -0.39 is 24.1 Å². The van der Waals surface area contributed by atoms with Crippen molar-refractivity contribution in [2.75, 3.05) is 0 Å². The highest BCUT2D eigenvalue weighted by molar-refractivity contribution is 5.87. The van der Waals surface area contributed by atoms with Crippen molar-refractivity contribution in [3.8, 4) is 0 Å². The van der Waals surface area contributed by atoms with E-state index in [1.165, 1.54) is 5.32 Å². The summed E-state index contributed by atoms with van der Waals surface area (Å²) in [7, 11) is 0. The Balaban J connectivity index is 2.88. The maximum absolute atomic E-state index is 12.1. The minimum absolute atomic E-state index is 0.205. The Morgan fingerprint density at radius 2 is 1.90 bits per heavy atom. The molecule has 4 nitrogen and oxygen atoms in total. The number of benzene rings is 1. The zero-order valence-corrected chi connectivity index (χ0v) is 10.9. The van der Waals surface area contributed by atoms with Crippen molar-refractivity contribution in [1.82, 2.24) is 5.32 Å². The van der Waals surface area contributed by atoms with E-state index in [1.807, 2.05) is 6.92 Å². The van der Waals surface area contributed by atoms with E-state index in [0.29, 0.717) is 5.56 Å². The molecule has 1 aromatic rings. The zero-order valence-electron chi connectivity index (χ0n) is 10.9. The van der Waals surface area contributed by atoms with Crippen molar-refractivity contribution in [3.63, 3.8) is 0 Å². The zero-order chi connectivity index (χ0) is 15.5. The molecule has 0 bridgehead atoms. The van der Waals surface area contributed by atoms with Gasteiger partial charge in [-0.15, -0.1) is 0 Å². The van der Waals surface area contributed by atoms with Gasteiger partial charge in [0.25, 0.3) is 0 Å². The van der Waals surface area contributed by atoms with E-state index in [-0.39, 0.29) is 6.42 Å². The Kier molecular flexibility index (Phi) is 4.75. The SMILES string of the molecule is Cc1ccc(CC(NC(=O)C(F)(F)F)C(=O)O)c(C)c1. The highest BCUT2D eigenvalue weighted by atomic mass is 19.4. The normalized spacial score (nSPS) is 12.8. The highest BCUT2D eigenvalue weighted by Crippen LogP contribution is 2.16. The number of amides is 1. The van der Waals surface area contributed by atoms with Gasteiger partial charge in [-0.1, -0.05) is 23.8 Å². The molecule has 0 saturated carbocycles. The average Bonchev–Trinajstić information content (AvgIpc) is 2.29. The summed E-state index contributed by atoms with van der Waals surface area (Å²) >= 11 is 0. The number of nitrogens with one attached hydrogen (secondary N) is 1. The molecule has 1 unspecified atom stereocenters. The molecule has 0 radical (unpaired) electrons. The lowest BCUT2D eigenvalue weighted by Gasteiger charge is -2.17. The third-order valence-corrected chi connectivity index (χ3v) is 2.78. The molecule has 7 heteroatoms. The largest absolute Gasteiger partial charge is 0.480 e. The third-order valence-electron chi connectivity index (χ3n) is 2.78. The van der Waals surface area contributed by atoms with Gasteiger partial charge in [-0.25, -0.2) is 4.79 Å². The lowest BCUT2D eigenvalue weighted by molar-refractivity contribution is -0.175. The molecule has 1 aromatic carbocycles. The molecular formula is C13H14F3NO3. The lowest BCUT2D eigenvalue weighted by atomic mass is 9.99. The van der Waals surface area contributed by atoms with Crippen LogP contribution in [0.1, 0.15) is 16.7 Å². The molecule has 1 rings (SSSR count). The molecule has 0 saturated heterocycles. The number of hydrogen-bond acceptors (Lipinski definition) is 2. The average molecular weight is 289 g/mol. The lowest BCUT2D eigenvalue weighted by Crippen LogP contribution is -2.47. The van der Waals surface area contributed by atoms with Gasteiger partial charge < -0.3 is 10.4 Å². The second-order valence-corrected chi connectivity index (χ2v) is 4.50. The maximum atomic E-state index is 12.1. The Morgan fingerprint density at radius 3 is 2.35 bits per heavy atom. The summed E-state index contributed by atoms with van der Waals surface area (Å²) in [4.78, 5) is 21.8. The van der Waals surface area contributed by atoms with Crippen molar-refractivity contribution >= 4 is 11.9 Å². The molecule has 2 N–H and O–H groups in total. The van der Waals surface area contributed by atoms with Crippen LogP contribution in [-0.4, -0.2) is 29.2 Å². The fraction of sp³-hybridized carbons (Fsp3) is 0.385. The molecule has 0 heterocycles. The van der Waals surface area contributed by atoms with Gasteiger partial charge in [0.15, 0.2) is 0 Å². The van der Waals surface area contributed by atoms with Gasteiger partial charge in [0.05, 0.1) is 0 Å². The van der Waals surface area contributed by atoms with Crippen LogP contribution >= 0.6 is 0 Å². The van der Waals surface area contributed by atoms with Crippen LogP contribution in [0.25, 0.3) is 0 Å². The molecular weight excluding hydrogens is 275 g/mol. The van der Waals surface area contributed by atoms with Gasteiger partial charge in [-0.05, 0) is 25.0 Å². The molecule has 0 aliphatic rings. The van der Waals surface area contributed by atoms with Gasteiger partial charge in [0.2, 0.25) is 0 Å². The van der Waals surface area contributed by atoms with E-state index >= 15 is 0 Å². The molecule has 110 valence electrons. The molecule has 0 aliphatic carbocycles. The first-order valence-electron chi connectivity index (χ1n) is 5.78. The number of carbonyl (C=O) groups is 2. The Labute approximate surface area is 113 Å². The summed E-state index contributed by atoms with van der Waals surface area (Å²) in [5.41, 5.74) is 2.29. The molecule has 0 spiro atoms. The minimum Gasteiger partial charge on any atom is -0.480 e. The molecule has 0 fully saturated rings. The number of aryl methyl sites for hydroxylation is 2. The van der Waals surface area contributed by atoms with E-state index in [4.69, 9.17) is 5.11 Å². The van der Waals surface area contributed by atoms with Crippen LogP contribution in [0.2, 0.25) is 0 Å². The van der Waals surface area contributed by atoms with Gasteiger partial charge >= 0.3 is 18.1 Å². The van der Waals surface area contributed by atoms with Gasteiger partial charge in [0, 0.05) is 6.42 Å². The van der Waals surface area contributed by atoms with Crippen molar-refractivity contribution in [2.45, 2.75) is 32.5 Å². The van der Waals surface area contributed by atoms with E-state index in [0.717, 1.165) is 11.1 Å². The van der Waals surface area contributed by atoms with Crippen molar-refractivity contribution < 1.29 is 27.9 Å². The van der Waals surface area contributed by atoms with Crippen molar-refractivity contribution in [2.24, 2.45) is 0 Å². The summed E-state index contributed by atoms with van der Waals surface area (Å²) in [6.07, 6.45) is -5.31. The smallest absolute Gasteiger partial charge is 0.471 e. The summed E-state index contributed by atoms with van der Waals surface area (Å²) in [6, 6.07) is 3.54. The molecule has 20 heavy (non-hydrogen) atoms. The van der Waals surface area contributed by atoms with E-state index in [9.17, 15) is 22.8 Å². The third kappa shape index (κ3) is 4.25. The number of carboxylic acids is 1. The number of hydrogen-bond donors (Lipinski definition) is 2. The Hall–Kier alpha value is -2.05. The first-order chi connectivity index (χ1) is 9.11. The summed E-state index contributed by atoms with van der Waals surface area (Å²) < 4.78 is 36.4. The monoisotopic (exact) mass is 289 g/mol. The molecule has 1 amide bonds. The van der Waals surface area contributed by atoms with Gasteiger partial charge in [-0.3, -0.25) is 4.79 Å². The fourth-order valence-corrected chi connectivity index (χ4v) is 1.73. The number of rotatable bonds is 4. The van der Waals surface area contributed by atoms with Crippen LogP contribution in [0.3, 0.4) is 0 Å². The number of alkyl halides is 3. The fourth-order valence-electron chi connectivity index (χ4n) is 1.73. The van der Waals surface area contributed by atoms with Crippen molar-refractivity contribution in [3.05, 3.63) is 34.9 Å². The van der Waals surface area contributed by atoms with Crippen LogP contribution < -0.4 is 5.32 Å². The predicted octanol–water partition coefficient (Wildman–Crippen LogP) is 1.98. The van der Waals surface area contributed by atoms with Crippen LogP contribution in [0.15, 0.2) is 18.2 Å². The predicted molar refractivity (Wildman–Crippen MR) is 65.2 cm³/mol. The van der Waals surface area contributed by atoms with Crippen molar-refractivity contribution in [1.29, 1.82) is 0 Å². The van der Waals surface area contributed by atoms with Gasteiger partial charge in [0.1, 0.15) is 6.04 Å². The van der Waals surface area contributed by atoms with E-state index in [1.54, 1.807) is 25.1 Å². The molecule has 0 aromatic heterocycles. The van der Waals surface area contributed by atoms with Crippen LogP contribution in [0.4, 0.5) is 13.2 Å². The second kappa shape index (κ2) is 5.94. The van der Waals surface area contributed by atoms with E-state index in [2.05, 4.69) is 0 Å². The molecule has 0 aliphatic heterocycles. The maximum Gasteiger partial charge on any atom is 0.471 e. The summed E-state index contributed by atoms with van der Waals surface area (Å²) in [5.74, 6) is -3.77. The van der Waals surface area contributed by atoms with Crippen LogP contribution in [0, 0.1) is 13.8 Å². The van der Waals surface area contributed by atoms with Crippen LogP contribution in [0.5, 0.6) is 0 Å². The topological polar surface area (TPSA) is 66.4 Å². The number of aliphatic carboxylic acids is 1. The first kappa shape index (κ1) is 16.0. The highest BCUT2D eigenvalue weighted by Gasteiger charge is 2.40. The Morgan fingerprint density at radius 1 is 1.30 bits per heavy atom. The van der Waals surface area contributed by atoms with Gasteiger partial charge in [-0.2, -0.15) is 13.2 Å².